The van der Waals surface area contributed by atoms with Crippen LogP contribution >= 0.6 is 0 Å². The van der Waals surface area contributed by atoms with Crippen LogP contribution in [0, 0.1) is 0 Å². The first-order valence-corrected chi connectivity index (χ1v) is 9.10. The molecule has 0 atom stereocenters. The van der Waals surface area contributed by atoms with Gasteiger partial charge in [-0.25, -0.2) is 14.8 Å². The standard InChI is InChI=1S/C20H15F3N4O4/c21-20(22,23)12-2-6-17(24-8-12)31-14-3-5-15-11(7-14)1-4-16(26-15)18(28)27-9-13(10-27)25-19(29)30/h1-8,13,25H,9-10H2,(H,29,30). The second kappa shape index (κ2) is 7.74. The Kier molecular flexibility index (Phi) is 5.09. The van der Waals surface area contributed by atoms with E-state index in [0.717, 1.165) is 12.1 Å². The molecule has 0 bridgehead atoms. The number of pyridine rings is 2. The predicted octanol–water partition coefficient (Wildman–Crippen LogP) is 3.53. The third-order valence-electron chi connectivity index (χ3n) is 4.66. The maximum absolute atomic E-state index is 12.6. The van der Waals surface area contributed by atoms with Gasteiger partial charge in [0.25, 0.3) is 5.91 Å². The van der Waals surface area contributed by atoms with Gasteiger partial charge in [0.1, 0.15) is 11.4 Å². The van der Waals surface area contributed by atoms with Crippen molar-refractivity contribution in [3.05, 3.63) is 59.9 Å². The topological polar surface area (TPSA) is 105 Å². The molecular formula is C20H15F3N4O4. The van der Waals surface area contributed by atoms with Gasteiger partial charge in [-0.05, 0) is 30.3 Å². The van der Waals surface area contributed by atoms with Gasteiger partial charge in [0, 0.05) is 30.7 Å². The van der Waals surface area contributed by atoms with Gasteiger partial charge in [0.05, 0.1) is 17.1 Å². The minimum Gasteiger partial charge on any atom is -0.465 e. The van der Waals surface area contributed by atoms with Crippen LogP contribution in [-0.4, -0.2) is 51.1 Å². The summed E-state index contributed by atoms with van der Waals surface area (Å²) in [6.45, 7) is 0.551. The first-order valence-electron chi connectivity index (χ1n) is 9.10. The molecule has 2 aromatic heterocycles. The number of halogens is 3. The molecule has 31 heavy (non-hydrogen) atoms. The fourth-order valence-corrected chi connectivity index (χ4v) is 3.09. The molecule has 2 N–H and O–H groups in total. The number of carboxylic acid groups (broad SMARTS) is 1. The number of nitrogens with one attached hydrogen (secondary N) is 1. The van der Waals surface area contributed by atoms with Crippen molar-refractivity contribution in [2.45, 2.75) is 12.2 Å². The lowest BCUT2D eigenvalue weighted by molar-refractivity contribution is -0.137. The Balaban J connectivity index is 1.45. The summed E-state index contributed by atoms with van der Waals surface area (Å²) in [5.74, 6) is 0.0556. The Morgan fingerprint density at radius 3 is 2.55 bits per heavy atom. The van der Waals surface area contributed by atoms with E-state index < -0.39 is 17.8 Å². The molecule has 0 saturated carbocycles. The zero-order valence-corrected chi connectivity index (χ0v) is 15.8. The van der Waals surface area contributed by atoms with Crippen molar-refractivity contribution in [1.29, 1.82) is 0 Å². The van der Waals surface area contributed by atoms with Crippen LogP contribution in [0.2, 0.25) is 0 Å². The molecule has 1 aromatic carbocycles. The van der Waals surface area contributed by atoms with Crippen LogP contribution in [0.3, 0.4) is 0 Å². The average molecular weight is 432 g/mol. The summed E-state index contributed by atoms with van der Waals surface area (Å²) >= 11 is 0. The maximum Gasteiger partial charge on any atom is 0.417 e. The number of fused-ring (bicyclic) bond motifs is 1. The molecule has 1 aliphatic rings. The monoisotopic (exact) mass is 432 g/mol. The molecule has 3 heterocycles. The van der Waals surface area contributed by atoms with E-state index in [2.05, 4.69) is 15.3 Å². The Morgan fingerprint density at radius 2 is 1.90 bits per heavy atom. The van der Waals surface area contributed by atoms with E-state index in [1.807, 2.05) is 0 Å². The van der Waals surface area contributed by atoms with Gasteiger partial charge in [-0.1, -0.05) is 6.07 Å². The van der Waals surface area contributed by atoms with Crippen molar-refractivity contribution in [3.63, 3.8) is 0 Å². The van der Waals surface area contributed by atoms with E-state index in [1.54, 1.807) is 30.3 Å². The highest BCUT2D eigenvalue weighted by Gasteiger charge is 2.33. The molecule has 160 valence electrons. The largest absolute Gasteiger partial charge is 0.465 e. The number of hydrogen-bond acceptors (Lipinski definition) is 5. The Labute approximate surface area is 173 Å². The van der Waals surface area contributed by atoms with Gasteiger partial charge in [0.15, 0.2) is 0 Å². The van der Waals surface area contributed by atoms with Crippen LogP contribution in [0.5, 0.6) is 11.6 Å². The minimum atomic E-state index is -4.47. The second-order valence-corrected chi connectivity index (χ2v) is 6.89. The van der Waals surface area contributed by atoms with E-state index in [9.17, 15) is 22.8 Å². The number of ether oxygens (including phenoxy) is 1. The van der Waals surface area contributed by atoms with E-state index in [-0.39, 0.29) is 36.6 Å². The number of nitrogens with zero attached hydrogens (tertiary/aromatic N) is 3. The van der Waals surface area contributed by atoms with Crippen LogP contribution in [-0.2, 0) is 6.18 Å². The fourth-order valence-electron chi connectivity index (χ4n) is 3.09. The van der Waals surface area contributed by atoms with E-state index in [0.29, 0.717) is 22.8 Å². The zero-order valence-electron chi connectivity index (χ0n) is 15.8. The second-order valence-electron chi connectivity index (χ2n) is 6.89. The van der Waals surface area contributed by atoms with E-state index in [1.165, 1.54) is 4.90 Å². The van der Waals surface area contributed by atoms with E-state index >= 15 is 0 Å². The SMILES string of the molecule is O=C(O)NC1CN(C(=O)c2ccc3cc(Oc4ccc(C(F)(F)F)cn4)ccc3n2)C1. The number of rotatable bonds is 4. The van der Waals surface area contributed by atoms with Crippen LogP contribution in [0.4, 0.5) is 18.0 Å². The molecule has 0 unspecified atom stereocenters. The highest BCUT2D eigenvalue weighted by molar-refractivity contribution is 5.95. The molecule has 8 nitrogen and oxygen atoms in total. The Morgan fingerprint density at radius 1 is 1.13 bits per heavy atom. The van der Waals surface area contributed by atoms with E-state index in [4.69, 9.17) is 9.84 Å². The molecule has 2 amide bonds. The Bertz CT molecular complexity index is 1150. The Hall–Kier alpha value is -3.89. The minimum absolute atomic E-state index is 0.00872. The summed E-state index contributed by atoms with van der Waals surface area (Å²) in [6, 6.07) is 9.77. The smallest absolute Gasteiger partial charge is 0.417 e. The summed E-state index contributed by atoms with van der Waals surface area (Å²) in [4.78, 5) is 32.6. The molecule has 4 rings (SSSR count). The van der Waals surface area contributed by atoms with Crippen molar-refractivity contribution in [2.75, 3.05) is 13.1 Å². The van der Waals surface area contributed by atoms with Gasteiger partial charge in [-0.2, -0.15) is 13.2 Å². The maximum atomic E-state index is 12.6. The lowest BCUT2D eigenvalue weighted by atomic mass is 10.1. The molecule has 1 saturated heterocycles. The summed E-state index contributed by atoms with van der Waals surface area (Å²) in [7, 11) is 0. The van der Waals surface area contributed by atoms with Crippen molar-refractivity contribution in [3.8, 4) is 11.6 Å². The highest BCUT2D eigenvalue weighted by Crippen LogP contribution is 2.30. The third kappa shape index (κ3) is 4.49. The lowest BCUT2D eigenvalue weighted by Gasteiger charge is -2.38. The first-order chi connectivity index (χ1) is 14.7. The summed E-state index contributed by atoms with van der Waals surface area (Å²) in [5, 5.41) is 11.7. The normalized spacial score (nSPS) is 14.2. The number of benzene rings is 1. The zero-order chi connectivity index (χ0) is 22.2. The molecular weight excluding hydrogens is 417 g/mol. The fraction of sp³-hybridized carbons (Fsp3) is 0.200. The molecule has 1 aliphatic heterocycles. The summed E-state index contributed by atoms with van der Waals surface area (Å²) in [5.41, 5.74) is -0.120. The van der Waals surface area contributed by atoms with Crippen molar-refractivity contribution >= 4 is 22.9 Å². The van der Waals surface area contributed by atoms with Gasteiger partial charge >= 0.3 is 12.3 Å². The quantitative estimate of drug-likeness (QED) is 0.654. The number of carbonyl (C=O) groups excluding carboxylic acids is 1. The molecule has 0 spiro atoms. The summed E-state index contributed by atoms with van der Waals surface area (Å²) < 4.78 is 43.3. The molecule has 0 aliphatic carbocycles. The number of amides is 2. The number of aromatic nitrogens is 2. The van der Waals surface area contributed by atoms with Crippen LogP contribution in [0.25, 0.3) is 10.9 Å². The van der Waals surface area contributed by atoms with Crippen LogP contribution in [0.1, 0.15) is 16.1 Å². The van der Waals surface area contributed by atoms with Gasteiger partial charge in [0.2, 0.25) is 5.88 Å². The van der Waals surface area contributed by atoms with Gasteiger partial charge < -0.3 is 20.1 Å². The highest BCUT2D eigenvalue weighted by atomic mass is 19.4. The van der Waals surface area contributed by atoms with Crippen LogP contribution in [0.15, 0.2) is 48.7 Å². The number of likely N-dealkylation sites (tertiary alicyclic amines) is 1. The first kappa shape index (κ1) is 20.4. The van der Waals surface area contributed by atoms with Crippen molar-refractivity contribution in [1.82, 2.24) is 20.2 Å². The van der Waals surface area contributed by atoms with Crippen molar-refractivity contribution < 1.29 is 32.6 Å². The average Bonchev–Trinajstić information content (AvgIpc) is 2.69. The summed E-state index contributed by atoms with van der Waals surface area (Å²) in [6.07, 6.45) is -4.91. The predicted molar refractivity (Wildman–Crippen MR) is 102 cm³/mol. The van der Waals surface area contributed by atoms with Gasteiger partial charge in [-0.15, -0.1) is 0 Å². The molecule has 11 heteroatoms. The lowest BCUT2D eigenvalue weighted by Crippen LogP contribution is -2.60. The third-order valence-corrected chi connectivity index (χ3v) is 4.66. The van der Waals surface area contributed by atoms with Gasteiger partial charge in [-0.3, -0.25) is 4.79 Å². The number of alkyl halides is 3. The number of carbonyl (C=O) groups is 2. The molecule has 1 fully saturated rings. The number of hydrogen-bond donors (Lipinski definition) is 2. The van der Waals surface area contributed by atoms with Crippen molar-refractivity contribution in [2.24, 2.45) is 0 Å². The van der Waals surface area contributed by atoms with Crippen LogP contribution < -0.4 is 10.1 Å². The molecule has 3 aromatic rings. The molecule has 0 radical (unpaired) electrons.